The molecule has 0 saturated carbocycles. The zero-order valence-electron chi connectivity index (χ0n) is 6.75. The third-order valence-electron chi connectivity index (χ3n) is 1.33. The van der Waals surface area contributed by atoms with Crippen molar-refractivity contribution >= 4 is 5.97 Å². The molecule has 1 atom stereocenters. The molecule has 1 aliphatic rings. The van der Waals surface area contributed by atoms with Crippen LogP contribution in [0.25, 0.3) is 0 Å². The van der Waals surface area contributed by atoms with Crippen molar-refractivity contribution in [1.82, 2.24) is 0 Å². The summed E-state index contributed by atoms with van der Waals surface area (Å²) in [5, 5.41) is 7.60. The topological polar surface area (TPSA) is 46.5 Å². The third kappa shape index (κ3) is 7.06. The first-order chi connectivity index (χ1) is 5.16. The standard InChI is InChI=1S/C5H10O.C3H4O2/c1-5-2-3-6-4-5;1-2-3(4)5/h5H,2-4H2,1H3;2H,1H2,(H,4,5). The van der Waals surface area contributed by atoms with E-state index in [4.69, 9.17) is 9.84 Å². The summed E-state index contributed by atoms with van der Waals surface area (Å²) in [4.78, 5) is 9.25. The second-order valence-corrected chi connectivity index (χ2v) is 2.51. The second kappa shape index (κ2) is 5.92. The number of hydrogen-bond acceptors (Lipinski definition) is 2. The van der Waals surface area contributed by atoms with E-state index >= 15 is 0 Å². The van der Waals surface area contributed by atoms with Crippen LogP contribution in [0.4, 0.5) is 0 Å². The molecule has 0 amide bonds. The highest BCUT2D eigenvalue weighted by molar-refractivity contribution is 5.78. The molecule has 0 aromatic carbocycles. The lowest BCUT2D eigenvalue weighted by atomic mass is 10.2. The van der Waals surface area contributed by atoms with Gasteiger partial charge in [-0.15, -0.1) is 0 Å². The lowest BCUT2D eigenvalue weighted by Gasteiger charge is -1.89. The summed E-state index contributed by atoms with van der Waals surface area (Å²) in [6.45, 7) is 7.15. The van der Waals surface area contributed by atoms with E-state index in [9.17, 15) is 4.79 Å². The molecule has 1 unspecified atom stereocenters. The van der Waals surface area contributed by atoms with Gasteiger partial charge in [0.15, 0.2) is 0 Å². The van der Waals surface area contributed by atoms with Crippen molar-refractivity contribution in [3.63, 3.8) is 0 Å². The quantitative estimate of drug-likeness (QED) is 0.585. The van der Waals surface area contributed by atoms with Crippen LogP contribution in [0, 0.1) is 5.92 Å². The molecule has 1 aliphatic heterocycles. The number of carboxylic acid groups (broad SMARTS) is 1. The van der Waals surface area contributed by atoms with Gasteiger partial charge >= 0.3 is 5.97 Å². The average Bonchev–Trinajstić information content (AvgIpc) is 2.41. The average molecular weight is 158 g/mol. The lowest BCUT2D eigenvalue weighted by molar-refractivity contribution is -0.131. The summed E-state index contributed by atoms with van der Waals surface area (Å²) in [7, 11) is 0. The van der Waals surface area contributed by atoms with Crippen molar-refractivity contribution in [2.75, 3.05) is 13.2 Å². The summed E-state index contributed by atoms with van der Waals surface area (Å²) >= 11 is 0. The minimum Gasteiger partial charge on any atom is -0.478 e. The molecule has 1 rings (SSSR count). The van der Waals surface area contributed by atoms with Gasteiger partial charge in [-0.1, -0.05) is 13.5 Å². The predicted octanol–water partition coefficient (Wildman–Crippen LogP) is 1.30. The van der Waals surface area contributed by atoms with E-state index in [1.165, 1.54) is 6.42 Å². The predicted molar refractivity (Wildman–Crippen MR) is 42.4 cm³/mol. The molecule has 1 fully saturated rings. The molecule has 3 heteroatoms. The van der Waals surface area contributed by atoms with Gasteiger partial charge in [0.05, 0.1) is 0 Å². The van der Waals surface area contributed by atoms with Crippen molar-refractivity contribution < 1.29 is 14.6 Å². The Labute approximate surface area is 66.7 Å². The zero-order valence-corrected chi connectivity index (χ0v) is 6.75. The number of carbonyl (C=O) groups is 1. The largest absolute Gasteiger partial charge is 0.478 e. The lowest BCUT2D eigenvalue weighted by Crippen LogP contribution is -1.88. The molecule has 0 bridgehead atoms. The van der Waals surface area contributed by atoms with E-state index in [1.54, 1.807) is 0 Å². The van der Waals surface area contributed by atoms with Crippen LogP contribution in [0.3, 0.4) is 0 Å². The Balaban J connectivity index is 0.000000187. The number of ether oxygens (including phenoxy) is 1. The SMILES string of the molecule is C=CC(=O)O.CC1CCOC1. The fourth-order valence-electron chi connectivity index (χ4n) is 0.652. The molecular weight excluding hydrogens is 144 g/mol. The Kier molecular flexibility index (Phi) is 5.47. The molecule has 0 aromatic rings. The van der Waals surface area contributed by atoms with Gasteiger partial charge in [-0.05, 0) is 12.3 Å². The minimum atomic E-state index is -0.981. The van der Waals surface area contributed by atoms with E-state index in [-0.39, 0.29) is 0 Å². The maximum Gasteiger partial charge on any atom is 0.327 e. The molecule has 64 valence electrons. The van der Waals surface area contributed by atoms with Crippen molar-refractivity contribution in [3.05, 3.63) is 12.7 Å². The molecule has 1 saturated heterocycles. The van der Waals surface area contributed by atoms with Crippen LogP contribution < -0.4 is 0 Å². The van der Waals surface area contributed by atoms with E-state index in [1.807, 2.05) is 0 Å². The monoisotopic (exact) mass is 158 g/mol. The molecule has 11 heavy (non-hydrogen) atoms. The number of hydrogen-bond donors (Lipinski definition) is 1. The molecule has 0 aliphatic carbocycles. The zero-order chi connectivity index (χ0) is 8.69. The smallest absolute Gasteiger partial charge is 0.327 e. The molecule has 0 aromatic heterocycles. The van der Waals surface area contributed by atoms with Crippen LogP contribution in [0.15, 0.2) is 12.7 Å². The van der Waals surface area contributed by atoms with E-state index in [0.717, 1.165) is 25.2 Å². The minimum absolute atomic E-state index is 0.824. The summed E-state index contributed by atoms with van der Waals surface area (Å²) in [6, 6.07) is 0. The molecule has 0 radical (unpaired) electrons. The fourth-order valence-corrected chi connectivity index (χ4v) is 0.652. The van der Waals surface area contributed by atoms with Crippen molar-refractivity contribution in [2.24, 2.45) is 5.92 Å². The van der Waals surface area contributed by atoms with Crippen LogP contribution in [-0.2, 0) is 9.53 Å². The maximum atomic E-state index is 9.25. The number of aliphatic carboxylic acids is 1. The Morgan fingerprint density at radius 1 is 1.82 bits per heavy atom. The summed E-state index contributed by atoms with van der Waals surface area (Å²) in [5.74, 6) is -0.157. The first-order valence-electron chi connectivity index (χ1n) is 3.60. The van der Waals surface area contributed by atoms with Gasteiger partial charge in [0.1, 0.15) is 0 Å². The summed E-state index contributed by atoms with van der Waals surface area (Å²) in [5.41, 5.74) is 0. The molecule has 1 heterocycles. The van der Waals surface area contributed by atoms with Crippen LogP contribution >= 0.6 is 0 Å². The summed E-state index contributed by atoms with van der Waals surface area (Å²) in [6.07, 6.45) is 2.10. The molecule has 3 nitrogen and oxygen atoms in total. The highest BCUT2D eigenvalue weighted by Crippen LogP contribution is 2.09. The van der Waals surface area contributed by atoms with E-state index in [2.05, 4.69) is 13.5 Å². The third-order valence-corrected chi connectivity index (χ3v) is 1.33. The molecule has 1 N–H and O–H groups in total. The Hall–Kier alpha value is -0.830. The molecular formula is C8H14O3. The first-order valence-corrected chi connectivity index (χ1v) is 3.60. The van der Waals surface area contributed by atoms with Gasteiger partial charge in [-0.3, -0.25) is 0 Å². The van der Waals surface area contributed by atoms with Crippen molar-refractivity contribution in [3.8, 4) is 0 Å². The van der Waals surface area contributed by atoms with Crippen LogP contribution in [0.2, 0.25) is 0 Å². The number of rotatable bonds is 1. The Morgan fingerprint density at radius 3 is 2.45 bits per heavy atom. The highest BCUT2D eigenvalue weighted by atomic mass is 16.5. The maximum absolute atomic E-state index is 9.25. The molecule has 0 spiro atoms. The van der Waals surface area contributed by atoms with Gasteiger partial charge in [0.25, 0.3) is 0 Å². The van der Waals surface area contributed by atoms with Gasteiger partial charge in [0.2, 0.25) is 0 Å². The first kappa shape index (κ1) is 10.2. The van der Waals surface area contributed by atoms with Gasteiger partial charge in [-0.25, -0.2) is 4.79 Å². The van der Waals surface area contributed by atoms with Crippen molar-refractivity contribution in [2.45, 2.75) is 13.3 Å². The van der Waals surface area contributed by atoms with Crippen LogP contribution in [0.5, 0.6) is 0 Å². The normalized spacial score (nSPS) is 21.7. The highest BCUT2D eigenvalue weighted by Gasteiger charge is 2.07. The van der Waals surface area contributed by atoms with Crippen LogP contribution in [0.1, 0.15) is 13.3 Å². The van der Waals surface area contributed by atoms with E-state index in [0.29, 0.717) is 0 Å². The van der Waals surface area contributed by atoms with Gasteiger partial charge < -0.3 is 9.84 Å². The van der Waals surface area contributed by atoms with Gasteiger partial charge in [0, 0.05) is 19.3 Å². The van der Waals surface area contributed by atoms with E-state index < -0.39 is 5.97 Å². The van der Waals surface area contributed by atoms with Gasteiger partial charge in [-0.2, -0.15) is 0 Å². The fraction of sp³-hybridized carbons (Fsp3) is 0.625. The summed E-state index contributed by atoms with van der Waals surface area (Å²) < 4.78 is 5.06. The number of carboxylic acids is 1. The second-order valence-electron chi connectivity index (χ2n) is 2.51. The Bertz CT molecular complexity index is 125. The Morgan fingerprint density at radius 2 is 2.36 bits per heavy atom. The van der Waals surface area contributed by atoms with Crippen LogP contribution in [-0.4, -0.2) is 24.3 Å². The van der Waals surface area contributed by atoms with Crippen molar-refractivity contribution in [1.29, 1.82) is 0 Å².